The fourth-order valence-corrected chi connectivity index (χ4v) is 5.09. The number of carbonyl (C=O) groups excluding carboxylic acids is 1. The molecule has 0 unspecified atom stereocenters. The first-order valence-electron chi connectivity index (χ1n) is 10.7. The Kier molecular flexibility index (Phi) is 5.74. The number of pyridine rings is 1. The van der Waals surface area contributed by atoms with E-state index in [1.165, 1.54) is 11.3 Å². The van der Waals surface area contributed by atoms with Gasteiger partial charge < -0.3 is 15.2 Å². The highest BCUT2D eigenvalue weighted by molar-refractivity contribution is 7.21. The lowest BCUT2D eigenvalue weighted by molar-refractivity contribution is 0.104. The van der Waals surface area contributed by atoms with Crippen LogP contribution in [0.3, 0.4) is 0 Å². The zero-order valence-corrected chi connectivity index (χ0v) is 19.6. The second-order valence-corrected chi connectivity index (χ2v) is 8.71. The van der Waals surface area contributed by atoms with E-state index in [-0.39, 0.29) is 5.78 Å². The van der Waals surface area contributed by atoms with Crippen molar-refractivity contribution in [1.82, 2.24) is 4.98 Å². The van der Waals surface area contributed by atoms with Crippen molar-refractivity contribution < 1.29 is 14.3 Å². The van der Waals surface area contributed by atoms with Gasteiger partial charge in [-0.3, -0.25) is 4.79 Å². The lowest BCUT2D eigenvalue weighted by Crippen LogP contribution is -2.01. The molecule has 2 N–H and O–H groups in total. The van der Waals surface area contributed by atoms with Gasteiger partial charge in [0, 0.05) is 16.5 Å². The van der Waals surface area contributed by atoms with Crippen molar-refractivity contribution in [3.8, 4) is 33.9 Å². The minimum Gasteiger partial charge on any atom is -0.497 e. The Bertz CT molecular complexity index is 1500. The summed E-state index contributed by atoms with van der Waals surface area (Å²) in [5, 5.41) is 0.779. The summed E-state index contributed by atoms with van der Waals surface area (Å²) in [7, 11) is 3.25. The fraction of sp³-hybridized carbons (Fsp3) is 0.0714. The summed E-state index contributed by atoms with van der Waals surface area (Å²) in [6, 6.07) is 26.7. The zero-order valence-electron chi connectivity index (χ0n) is 18.7. The third-order valence-electron chi connectivity index (χ3n) is 5.71. The number of fused-ring (bicyclic) bond motifs is 1. The van der Waals surface area contributed by atoms with Gasteiger partial charge in [0.1, 0.15) is 21.2 Å². The van der Waals surface area contributed by atoms with Crippen molar-refractivity contribution in [3.63, 3.8) is 0 Å². The topological polar surface area (TPSA) is 74.4 Å². The van der Waals surface area contributed by atoms with Crippen LogP contribution in [0.25, 0.3) is 32.6 Å². The number of benzene rings is 3. The van der Waals surface area contributed by atoms with Crippen LogP contribution in [0.1, 0.15) is 15.2 Å². The Hall–Kier alpha value is -4.16. The maximum Gasteiger partial charge on any atom is 0.205 e. The summed E-state index contributed by atoms with van der Waals surface area (Å²) in [6.45, 7) is 0. The molecule has 0 aliphatic carbocycles. The molecule has 34 heavy (non-hydrogen) atoms. The van der Waals surface area contributed by atoms with Gasteiger partial charge >= 0.3 is 0 Å². The number of ketones is 1. The number of ether oxygens (including phenoxy) is 2. The van der Waals surface area contributed by atoms with Crippen molar-refractivity contribution >= 4 is 33.0 Å². The molecule has 2 heterocycles. The van der Waals surface area contributed by atoms with Gasteiger partial charge in [0.25, 0.3) is 0 Å². The van der Waals surface area contributed by atoms with E-state index in [1.807, 2.05) is 72.8 Å². The van der Waals surface area contributed by atoms with Gasteiger partial charge in [0.05, 0.1) is 25.6 Å². The van der Waals surface area contributed by atoms with Gasteiger partial charge in [0.15, 0.2) is 0 Å². The highest BCUT2D eigenvalue weighted by atomic mass is 32.1. The van der Waals surface area contributed by atoms with Gasteiger partial charge in [-0.25, -0.2) is 4.98 Å². The first-order valence-corrected chi connectivity index (χ1v) is 11.5. The summed E-state index contributed by atoms with van der Waals surface area (Å²) in [5.74, 6) is 1.27. The third-order valence-corrected chi connectivity index (χ3v) is 6.81. The van der Waals surface area contributed by atoms with Crippen LogP contribution in [0.4, 0.5) is 5.69 Å². The summed E-state index contributed by atoms with van der Waals surface area (Å²) >= 11 is 1.31. The molecule has 6 heteroatoms. The van der Waals surface area contributed by atoms with Gasteiger partial charge in [0.2, 0.25) is 5.78 Å². The fourth-order valence-electron chi connectivity index (χ4n) is 4.01. The van der Waals surface area contributed by atoms with Gasteiger partial charge in [-0.15, -0.1) is 11.3 Å². The molecule has 0 amide bonds. The SMILES string of the molecule is COc1ccc(OC)c(-c2cc(-c3ccccc3)c3c(N)c(C(=O)c4ccccc4)sc3n2)c1. The number of nitrogens with zero attached hydrogens (tertiary/aromatic N) is 1. The molecule has 0 aliphatic rings. The molecule has 0 fully saturated rings. The number of aromatic nitrogens is 1. The molecular formula is C28H22N2O3S. The maximum atomic E-state index is 13.3. The summed E-state index contributed by atoms with van der Waals surface area (Å²) in [4.78, 5) is 19.4. The monoisotopic (exact) mass is 466 g/mol. The second kappa shape index (κ2) is 9.00. The number of nitrogen functional groups attached to an aromatic ring is 1. The number of thiophene rings is 1. The van der Waals surface area contributed by atoms with Gasteiger partial charge in [-0.1, -0.05) is 60.7 Å². The van der Waals surface area contributed by atoms with E-state index >= 15 is 0 Å². The third kappa shape index (κ3) is 3.78. The molecule has 0 radical (unpaired) electrons. The van der Waals surface area contributed by atoms with Crippen LogP contribution in [0.5, 0.6) is 11.5 Å². The van der Waals surface area contributed by atoms with Crippen molar-refractivity contribution in [2.24, 2.45) is 0 Å². The van der Waals surface area contributed by atoms with E-state index in [9.17, 15) is 4.79 Å². The number of nitrogens with two attached hydrogens (primary N) is 1. The van der Waals surface area contributed by atoms with Gasteiger partial charge in [-0.05, 0) is 35.4 Å². The summed E-state index contributed by atoms with van der Waals surface area (Å²) in [6.07, 6.45) is 0. The molecule has 0 saturated heterocycles. The quantitative estimate of drug-likeness (QED) is 0.291. The van der Waals surface area contributed by atoms with Crippen molar-refractivity contribution in [2.45, 2.75) is 0 Å². The normalized spacial score (nSPS) is 10.9. The molecule has 5 nitrogen and oxygen atoms in total. The van der Waals surface area contributed by atoms with Crippen LogP contribution in [0.2, 0.25) is 0 Å². The number of rotatable bonds is 6. The van der Waals surface area contributed by atoms with E-state index in [0.29, 0.717) is 38.2 Å². The second-order valence-electron chi connectivity index (χ2n) is 7.71. The number of hydrogen-bond acceptors (Lipinski definition) is 6. The van der Waals surface area contributed by atoms with Crippen molar-refractivity contribution in [2.75, 3.05) is 20.0 Å². The lowest BCUT2D eigenvalue weighted by Gasteiger charge is -2.12. The average Bonchev–Trinajstić information content (AvgIpc) is 3.24. The Morgan fingerprint density at radius 1 is 0.853 bits per heavy atom. The largest absolute Gasteiger partial charge is 0.497 e. The number of hydrogen-bond donors (Lipinski definition) is 1. The first kappa shape index (κ1) is 21.7. The molecule has 0 aliphatic heterocycles. The molecule has 5 rings (SSSR count). The predicted molar refractivity (Wildman–Crippen MR) is 138 cm³/mol. The predicted octanol–water partition coefficient (Wildman–Crippen LogP) is 6.46. The molecule has 0 saturated carbocycles. The van der Waals surface area contributed by atoms with E-state index in [4.69, 9.17) is 20.2 Å². The van der Waals surface area contributed by atoms with E-state index in [2.05, 4.69) is 0 Å². The minimum absolute atomic E-state index is 0.111. The number of anilines is 1. The highest BCUT2D eigenvalue weighted by Crippen LogP contribution is 2.43. The first-order chi connectivity index (χ1) is 16.6. The summed E-state index contributed by atoms with van der Waals surface area (Å²) in [5.41, 5.74) is 11.1. The minimum atomic E-state index is -0.111. The lowest BCUT2D eigenvalue weighted by atomic mass is 9.98. The molecule has 0 bridgehead atoms. The van der Waals surface area contributed by atoms with E-state index < -0.39 is 0 Å². The smallest absolute Gasteiger partial charge is 0.205 e. The van der Waals surface area contributed by atoms with Crippen LogP contribution >= 0.6 is 11.3 Å². The molecule has 168 valence electrons. The van der Waals surface area contributed by atoms with Crippen LogP contribution in [-0.2, 0) is 0 Å². The number of methoxy groups -OCH3 is 2. The summed E-state index contributed by atoms with van der Waals surface area (Å²) < 4.78 is 11.0. The van der Waals surface area contributed by atoms with Crippen LogP contribution < -0.4 is 15.2 Å². The molecule has 0 spiro atoms. The Morgan fingerprint density at radius 3 is 2.24 bits per heavy atom. The van der Waals surface area contributed by atoms with Crippen LogP contribution in [0.15, 0.2) is 84.9 Å². The highest BCUT2D eigenvalue weighted by Gasteiger charge is 2.23. The Morgan fingerprint density at radius 2 is 1.56 bits per heavy atom. The molecule has 5 aromatic rings. The standard InChI is InChI=1S/C28H22N2O3S/c1-32-19-13-14-23(33-2)21(15-19)22-16-20(17-9-5-3-6-10-17)24-25(29)27(34-28(24)30-22)26(31)18-11-7-4-8-12-18/h3-16H,29H2,1-2H3. The maximum absolute atomic E-state index is 13.3. The average molecular weight is 467 g/mol. The Balaban J connectivity index is 1.79. The molecular weight excluding hydrogens is 444 g/mol. The zero-order chi connectivity index (χ0) is 23.7. The molecule has 0 atom stereocenters. The van der Waals surface area contributed by atoms with Crippen molar-refractivity contribution in [1.29, 1.82) is 0 Å². The van der Waals surface area contributed by atoms with Crippen molar-refractivity contribution in [3.05, 3.63) is 95.4 Å². The van der Waals surface area contributed by atoms with Crippen LogP contribution in [0, 0.1) is 0 Å². The number of carbonyl (C=O) groups is 1. The van der Waals surface area contributed by atoms with Crippen LogP contribution in [-0.4, -0.2) is 25.0 Å². The Labute approximate surface area is 201 Å². The molecule has 2 aromatic heterocycles. The van der Waals surface area contributed by atoms with Gasteiger partial charge in [-0.2, -0.15) is 0 Å². The van der Waals surface area contributed by atoms with E-state index in [0.717, 1.165) is 22.1 Å². The van der Waals surface area contributed by atoms with E-state index in [1.54, 1.807) is 26.4 Å². The molecule has 3 aromatic carbocycles.